The predicted octanol–water partition coefficient (Wildman–Crippen LogP) is 4.01. The number of benzene rings is 2. The minimum atomic E-state index is -0.0114. The third-order valence-electron chi connectivity index (χ3n) is 3.17. The van der Waals surface area contributed by atoms with Crippen LogP contribution in [0.2, 0.25) is 0 Å². The predicted molar refractivity (Wildman–Crippen MR) is 82.5 cm³/mol. The lowest BCUT2D eigenvalue weighted by Gasteiger charge is -2.15. The smallest absolute Gasteiger partial charge is 0.118 e. The highest BCUT2D eigenvalue weighted by atomic mass is 79.9. The molecule has 0 aliphatic carbocycles. The second-order valence-corrected chi connectivity index (χ2v) is 5.54. The summed E-state index contributed by atoms with van der Waals surface area (Å²) in [5, 5.41) is 0. The lowest BCUT2D eigenvalue weighted by atomic mass is 9.98. The molecule has 0 amide bonds. The number of aryl methyl sites for hydroxylation is 1. The topological polar surface area (TPSA) is 35.2 Å². The number of nitrogens with two attached hydrogens (primary N) is 1. The maximum atomic E-state index is 6.31. The molecule has 0 aliphatic heterocycles. The van der Waals surface area contributed by atoms with Gasteiger partial charge in [0.2, 0.25) is 0 Å². The Bertz CT molecular complexity index is 551. The van der Waals surface area contributed by atoms with Crippen LogP contribution in [0.4, 0.5) is 0 Å². The third-order valence-corrected chi connectivity index (χ3v) is 3.89. The first kappa shape index (κ1) is 14.1. The van der Waals surface area contributed by atoms with Crippen molar-refractivity contribution < 1.29 is 4.74 Å². The molecule has 0 saturated carbocycles. The fourth-order valence-electron chi connectivity index (χ4n) is 2.07. The Labute approximate surface area is 122 Å². The van der Waals surface area contributed by atoms with E-state index in [1.807, 2.05) is 12.1 Å². The SMILES string of the molecule is COc1ccc(CC(N)c2cc(C)ccc2Br)cc1. The zero-order valence-corrected chi connectivity index (χ0v) is 12.8. The second-order valence-electron chi connectivity index (χ2n) is 4.68. The van der Waals surface area contributed by atoms with Gasteiger partial charge in [0.25, 0.3) is 0 Å². The molecule has 0 heterocycles. The van der Waals surface area contributed by atoms with E-state index < -0.39 is 0 Å². The Morgan fingerprint density at radius 2 is 1.84 bits per heavy atom. The van der Waals surface area contributed by atoms with Gasteiger partial charge in [-0.05, 0) is 42.7 Å². The average Bonchev–Trinajstić information content (AvgIpc) is 2.42. The summed E-state index contributed by atoms with van der Waals surface area (Å²) in [7, 11) is 1.67. The van der Waals surface area contributed by atoms with Crippen molar-refractivity contribution in [3.63, 3.8) is 0 Å². The third kappa shape index (κ3) is 3.58. The number of rotatable bonds is 4. The molecule has 0 aromatic heterocycles. The van der Waals surface area contributed by atoms with Crippen LogP contribution in [0.25, 0.3) is 0 Å². The van der Waals surface area contributed by atoms with Crippen LogP contribution in [0.15, 0.2) is 46.9 Å². The van der Waals surface area contributed by atoms with Crippen molar-refractivity contribution in [2.75, 3.05) is 7.11 Å². The van der Waals surface area contributed by atoms with E-state index in [0.717, 1.165) is 22.2 Å². The van der Waals surface area contributed by atoms with Gasteiger partial charge in [-0.3, -0.25) is 0 Å². The normalized spacial score (nSPS) is 12.2. The monoisotopic (exact) mass is 319 g/mol. The van der Waals surface area contributed by atoms with Gasteiger partial charge in [-0.2, -0.15) is 0 Å². The first-order chi connectivity index (χ1) is 9.10. The fourth-order valence-corrected chi connectivity index (χ4v) is 2.61. The summed E-state index contributed by atoms with van der Waals surface area (Å²) in [5.74, 6) is 0.869. The van der Waals surface area contributed by atoms with E-state index in [1.54, 1.807) is 7.11 Å². The molecular formula is C16H18BrNO. The van der Waals surface area contributed by atoms with E-state index in [2.05, 4.69) is 53.2 Å². The maximum absolute atomic E-state index is 6.31. The van der Waals surface area contributed by atoms with Crippen molar-refractivity contribution in [1.29, 1.82) is 0 Å². The number of ether oxygens (including phenoxy) is 1. The average molecular weight is 320 g/mol. The molecule has 0 saturated heterocycles. The van der Waals surface area contributed by atoms with Crippen LogP contribution < -0.4 is 10.5 Å². The molecule has 2 rings (SSSR count). The Balaban J connectivity index is 2.15. The molecule has 2 nitrogen and oxygen atoms in total. The van der Waals surface area contributed by atoms with Crippen molar-refractivity contribution in [1.82, 2.24) is 0 Å². The molecular weight excluding hydrogens is 302 g/mol. The Hall–Kier alpha value is -1.32. The Morgan fingerprint density at radius 3 is 2.47 bits per heavy atom. The molecule has 3 heteroatoms. The number of hydrogen-bond donors (Lipinski definition) is 1. The molecule has 1 atom stereocenters. The van der Waals surface area contributed by atoms with Crippen LogP contribution >= 0.6 is 15.9 Å². The van der Waals surface area contributed by atoms with Crippen molar-refractivity contribution in [3.05, 3.63) is 63.6 Å². The summed E-state index contributed by atoms with van der Waals surface area (Å²) < 4.78 is 6.22. The number of methoxy groups -OCH3 is 1. The first-order valence-electron chi connectivity index (χ1n) is 6.24. The number of hydrogen-bond acceptors (Lipinski definition) is 2. The van der Waals surface area contributed by atoms with E-state index in [9.17, 15) is 0 Å². The van der Waals surface area contributed by atoms with Crippen LogP contribution in [-0.2, 0) is 6.42 Å². The highest BCUT2D eigenvalue weighted by molar-refractivity contribution is 9.10. The minimum Gasteiger partial charge on any atom is -0.497 e. The molecule has 19 heavy (non-hydrogen) atoms. The molecule has 2 N–H and O–H groups in total. The van der Waals surface area contributed by atoms with E-state index in [-0.39, 0.29) is 6.04 Å². The van der Waals surface area contributed by atoms with Crippen molar-refractivity contribution in [3.8, 4) is 5.75 Å². The summed E-state index contributed by atoms with van der Waals surface area (Å²) in [6.45, 7) is 2.08. The summed E-state index contributed by atoms with van der Waals surface area (Å²) in [4.78, 5) is 0. The van der Waals surface area contributed by atoms with E-state index in [4.69, 9.17) is 10.5 Å². The first-order valence-corrected chi connectivity index (χ1v) is 7.04. The van der Waals surface area contributed by atoms with Gasteiger partial charge in [0.05, 0.1) is 7.11 Å². The molecule has 0 aliphatic rings. The van der Waals surface area contributed by atoms with Gasteiger partial charge < -0.3 is 10.5 Å². The molecule has 0 radical (unpaired) electrons. The molecule has 100 valence electrons. The van der Waals surface area contributed by atoms with Crippen molar-refractivity contribution >= 4 is 15.9 Å². The highest BCUT2D eigenvalue weighted by Gasteiger charge is 2.11. The largest absolute Gasteiger partial charge is 0.497 e. The zero-order chi connectivity index (χ0) is 13.8. The van der Waals surface area contributed by atoms with Gasteiger partial charge in [-0.1, -0.05) is 45.8 Å². The molecule has 2 aromatic rings. The van der Waals surface area contributed by atoms with Crippen LogP contribution in [0, 0.1) is 6.92 Å². The van der Waals surface area contributed by atoms with Crippen LogP contribution in [0.1, 0.15) is 22.7 Å². The van der Waals surface area contributed by atoms with Gasteiger partial charge in [0.1, 0.15) is 5.75 Å². The lowest BCUT2D eigenvalue weighted by Crippen LogP contribution is -2.14. The minimum absolute atomic E-state index is 0.0114. The lowest BCUT2D eigenvalue weighted by molar-refractivity contribution is 0.414. The van der Waals surface area contributed by atoms with E-state index >= 15 is 0 Å². The van der Waals surface area contributed by atoms with Gasteiger partial charge >= 0.3 is 0 Å². The fraction of sp³-hybridized carbons (Fsp3) is 0.250. The zero-order valence-electron chi connectivity index (χ0n) is 11.2. The van der Waals surface area contributed by atoms with Gasteiger partial charge in [0.15, 0.2) is 0 Å². The van der Waals surface area contributed by atoms with E-state index in [0.29, 0.717) is 0 Å². The highest BCUT2D eigenvalue weighted by Crippen LogP contribution is 2.26. The number of halogens is 1. The summed E-state index contributed by atoms with van der Waals surface area (Å²) >= 11 is 3.57. The molecule has 0 fully saturated rings. The van der Waals surface area contributed by atoms with Crippen LogP contribution in [0.3, 0.4) is 0 Å². The molecule has 2 aromatic carbocycles. The molecule has 0 bridgehead atoms. The van der Waals surface area contributed by atoms with Crippen LogP contribution in [0.5, 0.6) is 5.75 Å². The van der Waals surface area contributed by atoms with Gasteiger partial charge in [-0.25, -0.2) is 0 Å². The van der Waals surface area contributed by atoms with Gasteiger partial charge in [-0.15, -0.1) is 0 Å². The van der Waals surface area contributed by atoms with Crippen LogP contribution in [-0.4, -0.2) is 7.11 Å². The second kappa shape index (κ2) is 6.22. The van der Waals surface area contributed by atoms with E-state index in [1.165, 1.54) is 11.1 Å². The van der Waals surface area contributed by atoms with Crippen molar-refractivity contribution in [2.45, 2.75) is 19.4 Å². The van der Waals surface area contributed by atoms with Gasteiger partial charge in [0, 0.05) is 10.5 Å². The molecule has 0 spiro atoms. The molecule has 1 unspecified atom stereocenters. The quantitative estimate of drug-likeness (QED) is 0.924. The summed E-state index contributed by atoms with van der Waals surface area (Å²) in [5.41, 5.74) is 9.89. The Kier molecular flexibility index (Phi) is 4.61. The van der Waals surface area contributed by atoms with Crippen molar-refractivity contribution in [2.24, 2.45) is 5.73 Å². The summed E-state index contributed by atoms with van der Waals surface area (Å²) in [6.07, 6.45) is 0.812. The maximum Gasteiger partial charge on any atom is 0.118 e. The summed E-state index contributed by atoms with van der Waals surface area (Å²) in [6, 6.07) is 14.3. The standard InChI is InChI=1S/C16H18BrNO/c1-11-3-8-15(17)14(9-11)16(18)10-12-4-6-13(19-2)7-5-12/h3-9,16H,10,18H2,1-2H3. The Morgan fingerprint density at radius 1 is 1.16 bits per heavy atom.